The smallest absolute Gasteiger partial charge is 0.345 e. The van der Waals surface area contributed by atoms with Crippen molar-refractivity contribution in [3.05, 3.63) is 52.0 Å². The molecule has 0 atom stereocenters. The van der Waals surface area contributed by atoms with Crippen molar-refractivity contribution in [3.8, 4) is 0 Å². The molecule has 0 aliphatic rings. The van der Waals surface area contributed by atoms with Gasteiger partial charge in [0.1, 0.15) is 17.1 Å². The SMILES string of the molecule is Cn1cnn(Cc2cc(C(N)=S)ccc2F)c1=O. The molecule has 0 fully saturated rings. The van der Waals surface area contributed by atoms with Crippen LogP contribution in [0.3, 0.4) is 0 Å². The van der Waals surface area contributed by atoms with E-state index in [1.54, 1.807) is 7.05 Å². The van der Waals surface area contributed by atoms with Gasteiger partial charge in [0.15, 0.2) is 0 Å². The molecule has 1 aromatic heterocycles. The number of benzene rings is 1. The summed E-state index contributed by atoms with van der Waals surface area (Å²) in [6, 6.07) is 4.30. The molecule has 2 aromatic rings. The summed E-state index contributed by atoms with van der Waals surface area (Å²) in [6.07, 6.45) is 1.37. The lowest BCUT2D eigenvalue weighted by molar-refractivity contribution is 0.575. The fourth-order valence-electron chi connectivity index (χ4n) is 1.54. The summed E-state index contributed by atoms with van der Waals surface area (Å²) >= 11 is 4.83. The Balaban J connectivity index is 2.39. The number of thiocarbonyl (C=S) groups is 1. The first kappa shape index (κ1) is 12.4. The lowest BCUT2D eigenvalue weighted by Gasteiger charge is -2.05. The van der Waals surface area contributed by atoms with Gasteiger partial charge >= 0.3 is 5.69 Å². The maximum atomic E-state index is 13.6. The van der Waals surface area contributed by atoms with Crippen LogP contribution >= 0.6 is 12.2 Å². The van der Waals surface area contributed by atoms with Crippen molar-refractivity contribution >= 4 is 17.2 Å². The number of rotatable bonds is 3. The molecule has 0 amide bonds. The van der Waals surface area contributed by atoms with Crippen LogP contribution in [0, 0.1) is 5.82 Å². The topological polar surface area (TPSA) is 65.8 Å². The van der Waals surface area contributed by atoms with E-state index >= 15 is 0 Å². The molecule has 7 heteroatoms. The van der Waals surface area contributed by atoms with Crippen LogP contribution in [0.4, 0.5) is 4.39 Å². The van der Waals surface area contributed by atoms with E-state index < -0.39 is 5.82 Å². The second kappa shape index (κ2) is 4.69. The van der Waals surface area contributed by atoms with Crippen LogP contribution < -0.4 is 11.4 Å². The Kier molecular flexibility index (Phi) is 3.24. The maximum Gasteiger partial charge on any atom is 0.345 e. The minimum absolute atomic E-state index is 0.0436. The highest BCUT2D eigenvalue weighted by molar-refractivity contribution is 7.80. The number of nitrogens with two attached hydrogens (primary N) is 1. The number of aryl methyl sites for hydroxylation is 1. The third kappa shape index (κ3) is 2.30. The second-order valence-corrected chi connectivity index (χ2v) is 4.29. The van der Waals surface area contributed by atoms with Crippen LogP contribution in [0.15, 0.2) is 29.3 Å². The first-order valence-electron chi connectivity index (χ1n) is 5.15. The Hall–Kier alpha value is -2.02. The maximum absolute atomic E-state index is 13.6. The van der Waals surface area contributed by atoms with Gasteiger partial charge in [0, 0.05) is 18.2 Å². The Bertz CT molecular complexity index is 661. The summed E-state index contributed by atoms with van der Waals surface area (Å²) in [7, 11) is 1.58. The highest BCUT2D eigenvalue weighted by atomic mass is 32.1. The molecule has 94 valence electrons. The normalized spacial score (nSPS) is 10.6. The van der Waals surface area contributed by atoms with Gasteiger partial charge in [-0.25, -0.2) is 13.9 Å². The highest BCUT2D eigenvalue weighted by Crippen LogP contribution is 2.11. The lowest BCUT2D eigenvalue weighted by atomic mass is 10.1. The van der Waals surface area contributed by atoms with E-state index in [-0.39, 0.29) is 17.2 Å². The van der Waals surface area contributed by atoms with Crippen molar-refractivity contribution in [2.75, 3.05) is 0 Å². The second-order valence-electron chi connectivity index (χ2n) is 3.85. The van der Waals surface area contributed by atoms with Crippen LogP contribution in [0.5, 0.6) is 0 Å². The van der Waals surface area contributed by atoms with Crippen molar-refractivity contribution in [2.45, 2.75) is 6.54 Å². The minimum atomic E-state index is -0.424. The largest absolute Gasteiger partial charge is 0.389 e. The fraction of sp³-hybridized carbons (Fsp3) is 0.182. The van der Waals surface area contributed by atoms with Crippen molar-refractivity contribution < 1.29 is 4.39 Å². The highest BCUT2D eigenvalue weighted by Gasteiger charge is 2.09. The summed E-state index contributed by atoms with van der Waals surface area (Å²) in [6.45, 7) is 0.0436. The van der Waals surface area contributed by atoms with Gasteiger partial charge in [0.2, 0.25) is 0 Å². The van der Waals surface area contributed by atoms with Gasteiger partial charge in [0.25, 0.3) is 0 Å². The molecule has 2 N–H and O–H groups in total. The monoisotopic (exact) mass is 266 g/mol. The Morgan fingerprint density at radius 1 is 1.56 bits per heavy atom. The average Bonchev–Trinajstić information content (AvgIpc) is 2.63. The van der Waals surface area contributed by atoms with Gasteiger partial charge in [0.05, 0.1) is 6.54 Å². The fourth-order valence-corrected chi connectivity index (χ4v) is 1.67. The lowest BCUT2D eigenvalue weighted by Crippen LogP contribution is -2.24. The number of halogens is 1. The van der Waals surface area contributed by atoms with Crippen LogP contribution in [-0.2, 0) is 13.6 Å². The van der Waals surface area contributed by atoms with Gasteiger partial charge in [-0.1, -0.05) is 12.2 Å². The van der Waals surface area contributed by atoms with Crippen LogP contribution in [0.2, 0.25) is 0 Å². The molecule has 0 saturated carbocycles. The molecule has 1 aromatic carbocycles. The molecule has 0 aliphatic heterocycles. The van der Waals surface area contributed by atoms with Gasteiger partial charge in [-0.3, -0.25) is 4.57 Å². The van der Waals surface area contributed by atoms with Crippen molar-refractivity contribution in [1.82, 2.24) is 14.3 Å². The predicted molar refractivity (Wildman–Crippen MR) is 68.9 cm³/mol. The molecule has 18 heavy (non-hydrogen) atoms. The molecule has 1 heterocycles. The summed E-state index contributed by atoms with van der Waals surface area (Å²) in [5, 5.41) is 3.86. The molecular weight excluding hydrogens is 255 g/mol. The zero-order chi connectivity index (χ0) is 13.3. The first-order valence-corrected chi connectivity index (χ1v) is 5.56. The molecule has 5 nitrogen and oxygen atoms in total. The van der Waals surface area contributed by atoms with Crippen molar-refractivity contribution in [3.63, 3.8) is 0 Å². The van der Waals surface area contributed by atoms with Crippen molar-refractivity contribution in [1.29, 1.82) is 0 Å². The van der Waals surface area contributed by atoms with E-state index in [0.29, 0.717) is 11.1 Å². The van der Waals surface area contributed by atoms with Crippen LogP contribution in [0.1, 0.15) is 11.1 Å². The summed E-state index contributed by atoms with van der Waals surface area (Å²) in [5.41, 5.74) is 6.05. The summed E-state index contributed by atoms with van der Waals surface area (Å²) in [4.78, 5) is 11.8. The standard InChI is InChI=1S/C11H11FN4OS/c1-15-6-14-16(11(15)17)5-8-4-7(10(13)18)2-3-9(8)12/h2-4,6H,5H2,1H3,(H2,13,18). The Morgan fingerprint density at radius 2 is 2.28 bits per heavy atom. The van der Waals surface area contributed by atoms with Crippen LogP contribution in [-0.4, -0.2) is 19.3 Å². The number of hydrogen-bond donors (Lipinski definition) is 1. The zero-order valence-corrected chi connectivity index (χ0v) is 10.4. The predicted octanol–water partition coefficient (Wildman–Crippen LogP) is 0.403. The van der Waals surface area contributed by atoms with E-state index in [1.165, 1.54) is 33.8 Å². The molecule has 2 rings (SSSR count). The Labute approximate surface area is 108 Å². The summed E-state index contributed by atoms with van der Waals surface area (Å²) in [5.74, 6) is -0.424. The molecule has 0 unspecified atom stereocenters. The number of nitrogens with zero attached hydrogens (tertiary/aromatic N) is 3. The van der Waals surface area contributed by atoms with E-state index in [2.05, 4.69) is 5.10 Å². The molecule has 0 saturated heterocycles. The van der Waals surface area contributed by atoms with Gasteiger partial charge in [-0.15, -0.1) is 0 Å². The van der Waals surface area contributed by atoms with E-state index in [1.807, 2.05) is 0 Å². The molecule has 0 aliphatic carbocycles. The van der Waals surface area contributed by atoms with E-state index in [4.69, 9.17) is 18.0 Å². The quantitative estimate of drug-likeness (QED) is 0.817. The summed E-state index contributed by atoms with van der Waals surface area (Å²) < 4.78 is 16.1. The van der Waals surface area contributed by atoms with Crippen molar-refractivity contribution in [2.24, 2.45) is 12.8 Å². The Morgan fingerprint density at radius 3 is 2.83 bits per heavy atom. The number of aromatic nitrogens is 3. The average molecular weight is 266 g/mol. The van der Waals surface area contributed by atoms with E-state index in [0.717, 1.165) is 0 Å². The third-order valence-corrected chi connectivity index (χ3v) is 2.77. The van der Waals surface area contributed by atoms with Gasteiger partial charge in [-0.2, -0.15) is 5.10 Å². The molecule has 0 bridgehead atoms. The molecule has 0 radical (unpaired) electrons. The molecular formula is C11H11FN4OS. The van der Waals surface area contributed by atoms with Crippen LogP contribution in [0.25, 0.3) is 0 Å². The molecule has 0 spiro atoms. The van der Waals surface area contributed by atoms with Gasteiger partial charge in [-0.05, 0) is 18.2 Å². The minimum Gasteiger partial charge on any atom is -0.389 e. The zero-order valence-electron chi connectivity index (χ0n) is 9.63. The van der Waals surface area contributed by atoms with Gasteiger partial charge < -0.3 is 5.73 Å². The van der Waals surface area contributed by atoms with E-state index in [9.17, 15) is 9.18 Å². The first-order chi connectivity index (χ1) is 8.49. The third-order valence-electron chi connectivity index (χ3n) is 2.54. The number of hydrogen-bond acceptors (Lipinski definition) is 3.